The first-order chi connectivity index (χ1) is 6.33. The van der Waals surface area contributed by atoms with Gasteiger partial charge < -0.3 is 16.4 Å². The van der Waals surface area contributed by atoms with Gasteiger partial charge in [-0.05, 0) is 0 Å². The molecule has 1 heterocycles. The number of thioether (sulfide) groups is 1. The molecular weight excluding hydrogens is 186 g/mol. The molecule has 1 saturated heterocycles. The number of hydrogen-bond acceptors (Lipinski definition) is 4. The summed E-state index contributed by atoms with van der Waals surface area (Å²) in [7, 11) is 0. The summed E-state index contributed by atoms with van der Waals surface area (Å²) in [5.41, 5.74) is 5.28. The van der Waals surface area contributed by atoms with Crippen molar-refractivity contribution in [2.24, 2.45) is 5.73 Å². The molecule has 1 fully saturated rings. The average Bonchev–Trinajstić information content (AvgIpc) is 2.16. The second-order valence-electron chi connectivity index (χ2n) is 3.07. The molecule has 1 rings (SSSR count). The summed E-state index contributed by atoms with van der Waals surface area (Å²) in [4.78, 5) is 11.3. The van der Waals surface area contributed by atoms with E-state index in [1.54, 1.807) is 0 Å². The smallest absolute Gasteiger partial charge is 0.221 e. The molecule has 5 heteroatoms. The zero-order valence-corrected chi connectivity index (χ0v) is 8.53. The number of hydrogen-bond donors (Lipinski definition) is 3. The van der Waals surface area contributed by atoms with E-state index in [2.05, 4.69) is 10.6 Å². The molecule has 4 N–H and O–H groups in total. The maximum Gasteiger partial charge on any atom is 0.221 e. The molecule has 0 aliphatic carbocycles. The second-order valence-corrected chi connectivity index (χ2v) is 4.22. The molecular formula is C8H17N3OS. The van der Waals surface area contributed by atoms with Crippen molar-refractivity contribution in [2.45, 2.75) is 12.5 Å². The minimum atomic E-state index is 0.102. The fourth-order valence-electron chi connectivity index (χ4n) is 1.26. The maximum absolute atomic E-state index is 11.3. The Balaban J connectivity index is 2.11. The molecule has 0 aromatic rings. The summed E-state index contributed by atoms with van der Waals surface area (Å²) >= 11 is 1.90. The van der Waals surface area contributed by atoms with Crippen molar-refractivity contribution >= 4 is 17.7 Å². The summed E-state index contributed by atoms with van der Waals surface area (Å²) < 4.78 is 0. The Morgan fingerprint density at radius 1 is 1.69 bits per heavy atom. The van der Waals surface area contributed by atoms with Crippen LogP contribution >= 0.6 is 11.8 Å². The predicted molar refractivity (Wildman–Crippen MR) is 55.8 cm³/mol. The highest BCUT2D eigenvalue weighted by molar-refractivity contribution is 7.99. The van der Waals surface area contributed by atoms with Crippen LogP contribution in [-0.4, -0.2) is 43.1 Å². The van der Waals surface area contributed by atoms with Crippen molar-refractivity contribution in [1.82, 2.24) is 10.6 Å². The molecule has 1 aliphatic rings. The van der Waals surface area contributed by atoms with E-state index in [1.165, 1.54) is 0 Å². The highest BCUT2D eigenvalue weighted by Gasteiger charge is 2.15. The summed E-state index contributed by atoms with van der Waals surface area (Å²) in [5.74, 6) is 2.29. The van der Waals surface area contributed by atoms with Gasteiger partial charge in [0.15, 0.2) is 0 Å². The van der Waals surface area contributed by atoms with Crippen LogP contribution in [0.15, 0.2) is 0 Å². The molecule has 0 bridgehead atoms. The van der Waals surface area contributed by atoms with Gasteiger partial charge in [0.2, 0.25) is 5.91 Å². The van der Waals surface area contributed by atoms with E-state index in [-0.39, 0.29) is 5.91 Å². The standard InChI is InChI=1S/C8H17N3OS/c9-1-2-11-8(12)5-7-6-13-4-3-10-7/h7,10H,1-6,9H2,(H,11,12). The molecule has 0 spiro atoms. The molecule has 1 aliphatic heterocycles. The Morgan fingerprint density at radius 2 is 2.54 bits per heavy atom. The van der Waals surface area contributed by atoms with E-state index in [1.807, 2.05) is 11.8 Å². The Labute approximate surface area is 83.0 Å². The lowest BCUT2D eigenvalue weighted by Gasteiger charge is -2.22. The molecule has 4 nitrogen and oxygen atoms in total. The predicted octanol–water partition coefficient (Wildman–Crippen LogP) is -0.844. The molecule has 1 unspecified atom stereocenters. The molecule has 0 radical (unpaired) electrons. The summed E-state index contributed by atoms with van der Waals surface area (Å²) in [5, 5.41) is 6.08. The van der Waals surface area contributed by atoms with Gasteiger partial charge in [-0.15, -0.1) is 0 Å². The van der Waals surface area contributed by atoms with Gasteiger partial charge >= 0.3 is 0 Å². The van der Waals surface area contributed by atoms with E-state index < -0.39 is 0 Å². The van der Waals surface area contributed by atoms with Gasteiger partial charge in [-0.25, -0.2) is 0 Å². The van der Waals surface area contributed by atoms with Crippen molar-refractivity contribution in [3.63, 3.8) is 0 Å². The lowest BCUT2D eigenvalue weighted by Crippen LogP contribution is -2.42. The Kier molecular flexibility index (Phi) is 5.19. The van der Waals surface area contributed by atoms with Crippen LogP contribution < -0.4 is 16.4 Å². The van der Waals surface area contributed by atoms with E-state index in [4.69, 9.17) is 5.73 Å². The largest absolute Gasteiger partial charge is 0.355 e. The van der Waals surface area contributed by atoms with Crippen LogP contribution in [0.5, 0.6) is 0 Å². The summed E-state index contributed by atoms with van der Waals surface area (Å²) in [6, 6.07) is 0.344. The Morgan fingerprint density at radius 3 is 3.15 bits per heavy atom. The van der Waals surface area contributed by atoms with Crippen LogP contribution in [0.4, 0.5) is 0 Å². The molecule has 0 saturated carbocycles. The van der Waals surface area contributed by atoms with Crippen LogP contribution in [0.2, 0.25) is 0 Å². The molecule has 1 amide bonds. The van der Waals surface area contributed by atoms with Crippen molar-refractivity contribution in [3.05, 3.63) is 0 Å². The third kappa shape index (κ3) is 4.50. The van der Waals surface area contributed by atoms with Crippen LogP contribution in [0, 0.1) is 0 Å². The monoisotopic (exact) mass is 203 g/mol. The van der Waals surface area contributed by atoms with Crippen LogP contribution in [0.25, 0.3) is 0 Å². The number of nitrogens with one attached hydrogen (secondary N) is 2. The van der Waals surface area contributed by atoms with E-state index in [0.717, 1.165) is 18.1 Å². The van der Waals surface area contributed by atoms with Gasteiger partial charge in [0.25, 0.3) is 0 Å². The Hall–Kier alpha value is -0.260. The quantitative estimate of drug-likeness (QED) is 0.557. The second kappa shape index (κ2) is 6.23. The van der Waals surface area contributed by atoms with Gasteiger partial charge in [-0.1, -0.05) is 0 Å². The van der Waals surface area contributed by atoms with Gasteiger partial charge in [0.05, 0.1) is 0 Å². The minimum Gasteiger partial charge on any atom is -0.355 e. The van der Waals surface area contributed by atoms with E-state index in [9.17, 15) is 4.79 Å². The normalized spacial score (nSPS) is 22.7. The zero-order valence-electron chi connectivity index (χ0n) is 7.71. The van der Waals surface area contributed by atoms with E-state index >= 15 is 0 Å². The van der Waals surface area contributed by atoms with Crippen molar-refractivity contribution < 1.29 is 4.79 Å². The Bertz CT molecular complexity index is 159. The van der Waals surface area contributed by atoms with Crippen LogP contribution in [0.3, 0.4) is 0 Å². The fraction of sp³-hybridized carbons (Fsp3) is 0.875. The number of nitrogens with two attached hydrogens (primary N) is 1. The molecule has 1 atom stereocenters. The molecule has 13 heavy (non-hydrogen) atoms. The third-order valence-electron chi connectivity index (χ3n) is 1.90. The number of carbonyl (C=O) groups excluding carboxylic acids is 1. The zero-order chi connectivity index (χ0) is 9.52. The maximum atomic E-state index is 11.3. The topological polar surface area (TPSA) is 67.1 Å². The van der Waals surface area contributed by atoms with Crippen LogP contribution in [0.1, 0.15) is 6.42 Å². The van der Waals surface area contributed by atoms with Crippen molar-refractivity contribution in [1.29, 1.82) is 0 Å². The summed E-state index contributed by atoms with van der Waals surface area (Å²) in [6.07, 6.45) is 0.576. The van der Waals surface area contributed by atoms with Crippen molar-refractivity contribution in [3.8, 4) is 0 Å². The van der Waals surface area contributed by atoms with Gasteiger partial charge in [-0.3, -0.25) is 4.79 Å². The molecule has 76 valence electrons. The highest BCUT2D eigenvalue weighted by Crippen LogP contribution is 2.09. The van der Waals surface area contributed by atoms with E-state index in [0.29, 0.717) is 25.6 Å². The number of rotatable bonds is 4. The van der Waals surface area contributed by atoms with Gasteiger partial charge in [0, 0.05) is 43.6 Å². The summed E-state index contributed by atoms with van der Waals surface area (Å²) in [6.45, 7) is 2.11. The molecule has 0 aromatic carbocycles. The first kappa shape index (κ1) is 10.8. The average molecular weight is 203 g/mol. The number of amides is 1. The van der Waals surface area contributed by atoms with Crippen LogP contribution in [-0.2, 0) is 4.79 Å². The fourth-order valence-corrected chi connectivity index (χ4v) is 2.21. The van der Waals surface area contributed by atoms with Gasteiger partial charge in [-0.2, -0.15) is 11.8 Å². The lowest BCUT2D eigenvalue weighted by atomic mass is 10.2. The molecule has 0 aromatic heterocycles. The highest BCUT2D eigenvalue weighted by atomic mass is 32.2. The van der Waals surface area contributed by atoms with Crippen molar-refractivity contribution in [2.75, 3.05) is 31.1 Å². The lowest BCUT2D eigenvalue weighted by molar-refractivity contribution is -0.121. The third-order valence-corrected chi connectivity index (χ3v) is 3.03. The SMILES string of the molecule is NCCNC(=O)CC1CSCCN1. The number of carbonyl (C=O) groups is 1. The minimum absolute atomic E-state index is 0.102. The first-order valence-corrected chi connectivity index (χ1v) is 5.76. The first-order valence-electron chi connectivity index (χ1n) is 4.61. The van der Waals surface area contributed by atoms with Gasteiger partial charge in [0.1, 0.15) is 0 Å².